The van der Waals surface area contributed by atoms with Gasteiger partial charge in [-0.25, -0.2) is 15.0 Å². The highest BCUT2D eigenvalue weighted by Gasteiger charge is 2.45. The Morgan fingerprint density at radius 1 is 0.160 bits per heavy atom. The standard InChI is InChI=1S/C44H25BN6O2.C43H25BN4O2.C42H25BN2O2/c1-3-12-32-30(10-1)46-43-48(34-14-5-7-16-36(34)50(32)43)26-20-22-38-28(24-26)45-29-25-27(21-23-39(29)53-41-19-9-18-40(52-38)42(41)45)49-35-15-6-8-17-37(35)51-33-13-4-2-11-31(33)47-44(49)51;1-4-13-33-28(10-1)29-11-2-5-14-34(29)46(33)26-20-22-38-30(24-26)44-31-25-27(21-23-39(31)50-41-19-9-18-40(49-38)42(41)44)47-36-16-7-8-17-37(36)48-35-15-6-3-12-32(35)45-43(47)48;1-7-19-34-27(12-1)28-13-2-8-20-35(28)45(34)36-21-11-15-30-29-14-3-6-18-33(29)44(42(30)36)26-24-39-41-40(25-26)47-38-23-10-5-17-32(38)43(41)31-16-4-9-22-37(31)46-39/h1-25H;1-25H;1-25H. The zero-order valence-electron chi connectivity index (χ0n) is 79.8. The van der Waals surface area contributed by atoms with Crippen LogP contribution in [0.3, 0.4) is 0 Å². The van der Waals surface area contributed by atoms with Crippen molar-refractivity contribution in [3.05, 3.63) is 455 Å². The Balaban J connectivity index is 0.0000000959. The van der Waals surface area contributed by atoms with Gasteiger partial charge in [-0.15, -0.1) is 0 Å². The Morgan fingerprint density at radius 3 is 0.787 bits per heavy atom. The summed E-state index contributed by atoms with van der Waals surface area (Å²) in [4.78, 5) is 15.4. The highest BCUT2D eigenvalue weighted by Crippen LogP contribution is 2.48. The van der Waals surface area contributed by atoms with Gasteiger partial charge in [-0.05, 0) is 251 Å². The third-order valence-electron chi connectivity index (χ3n) is 31.7. The van der Waals surface area contributed by atoms with Gasteiger partial charge in [0, 0.05) is 83.6 Å². The molecule has 0 N–H and O–H groups in total. The first kappa shape index (κ1) is 81.3. The molecule has 0 aliphatic carbocycles. The van der Waals surface area contributed by atoms with E-state index in [4.69, 9.17) is 43.4 Å². The summed E-state index contributed by atoms with van der Waals surface area (Å²) in [6, 6.07) is 160. The Labute approximate surface area is 854 Å². The van der Waals surface area contributed by atoms with Gasteiger partial charge in [-0.3, -0.25) is 26.9 Å². The number of aromatic nitrogens is 12. The summed E-state index contributed by atoms with van der Waals surface area (Å²) in [5.41, 5.74) is 35.9. The van der Waals surface area contributed by atoms with Crippen LogP contribution in [0.15, 0.2) is 455 Å². The number of hydrogen-bond donors (Lipinski definition) is 0. The smallest absolute Gasteiger partial charge is 0.260 e. The summed E-state index contributed by atoms with van der Waals surface area (Å²) in [6.07, 6.45) is 0. The quantitative estimate of drug-likeness (QED) is 0.149. The summed E-state index contributed by atoms with van der Waals surface area (Å²) in [7, 11) is 0. The average molecular weight is 1920 g/mol. The van der Waals surface area contributed by atoms with E-state index in [1.165, 1.54) is 54.4 Å². The molecular formula is C129H75B3N12O6. The van der Waals surface area contributed by atoms with Crippen molar-refractivity contribution < 1.29 is 28.4 Å². The summed E-state index contributed by atoms with van der Waals surface area (Å²) in [6.45, 7) is -0.199. The first-order valence-corrected chi connectivity index (χ1v) is 50.8. The SMILES string of the molecule is c1cc2c3c(c1)Oc1ccc(-n4c5ccccc5n5c6ccccc6nc45)cc1B3c1cc(-n3c4ccccc4c4ccccc43)ccc1O2.c1cc2c3c(c1)Oc1ccc(-n4c5ccccc5n5c6ccccc6nc45)cc1B3c1cc(-n3c4ccccc4n4c5ccccc5nc34)ccc1O2.c1ccc2c(c1)Oc1cc(-n3c4ccccc4c4cccc(-n5c6ccccc6c6ccccc65)c43)cc3c1B2c1ccccc1O3. The van der Waals surface area contributed by atoms with Crippen LogP contribution in [0.4, 0.5) is 0 Å². The lowest BCUT2D eigenvalue weighted by Crippen LogP contribution is -2.57. The molecule has 0 atom stereocenters. The third kappa shape index (κ3) is 11.4. The van der Waals surface area contributed by atoms with Gasteiger partial charge in [0.25, 0.3) is 20.1 Å². The van der Waals surface area contributed by atoms with E-state index in [9.17, 15) is 0 Å². The number of nitrogens with zero attached hydrogens (tertiary/aromatic N) is 12. The van der Waals surface area contributed by atoms with Crippen molar-refractivity contribution in [3.63, 3.8) is 0 Å². The number of ether oxygens (including phenoxy) is 6. The number of fused-ring (bicyclic) bond motifs is 36. The minimum atomic E-state index is -0.137. The fraction of sp³-hybridized carbons (Fsp3) is 0. The van der Waals surface area contributed by atoms with Gasteiger partial charge in [0.2, 0.25) is 17.3 Å². The van der Waals surface area contributed by atoms with Crippen molar-refractivity contribution in [1.82, 2.24) is 55.6 Å². The number of para-hydroxylation sites is 20. The molecule has 0 saturated carbocycles. The monoisotopic (exact) mass is 1920 g/mol. The Morgan fingerprint density at radius 2 is 0.413 bits per heavy atom. The fourth-order valence-electron chi connectivity index (χ4n) is 25.5. The second kappa shape index (κ2) is 30.7. The number of rotatable bonds is 6. The first-order chi connectivity index (χ1) is 74.4. The summed E-state index contributed by atoms with van der Waals surface area (Å²) >= 11 is 0. The van der Waals surface area contributed by atoms with Crippen LogP contribution in [-0.4, -0.2) is 75.7 Å². The Hall–Kier alpha value is -20.2. The molecule has 36 rings (SSSR count). The van der Waals surface area contributed by atoms with Crippen LogP contribution in [0.2, 0.25) is 0 Å². The van der Waals surface area contributed by atoms with Crippen LogP contribution in [-0.2, 0) is 0 Å². The summed E-state index contributed by atoms with van der Waals surface area (Å²) in [5.74, 6) is 12.7. The fourth-order valence-corrected chi connectivity index (χ4v) is 25.5. The van der Waals surface area contributed by atoms with E-state index in [1.54, 1.807) is 0 Å². The van der Waals surface area contributed by atoms with Crippen molar-refractivity contribution in [3.8, 4) is 103 Å². The Kier molecular flexibility index (Phi) is 16.6. The van der Waals surface area contributed by atoms with Crippen LogP contribution >= 0.6 is 0 Å². The highest BCUT2D eigenvalue weighted by atomic mass is 16.5. The zero-order valence-corrected chi connectivity index (χ0v) is 79.8. The van der Waals surface area contributed by atoms with Gasteiger partial charge < -0.3 is 42.1 Å². The molecular weight excluding hydrogens is 1850 g/mol. The van der Waals surface area contributed by atoms with Crippen LogP contribution in [0.25, 0.3) is 183 Å². The van der Waals surface area contributed by atoms with Gasteiger partial charge in [-0.2, -0.15) is 0 Å². The topological polar surface area (TPSA) is 137 Å². The van der Waals surface area contributed by atoms with Crippen LogP contribution in [0, 0.1) is 0 Å². The van der Waals surface area contributed by atoms with E-state index in [1.807, 2.05) is 66.7 Å². The maximum absolute atomic E-state index is 6.72. The number of benzene rings is 21. The zero-order chi connectivity index (χ0) is 97.5. The second-order valence-electron chi connectivity index (χ2n) is 39.5. The second-order valence-corrected chi connectivity index (χ2v) is 39.5. The third-order valence-corrected chi connectivity index (χ3v) is 31.7. The van der Waals surface area contributed by atoms with Crippen molar-refractivity contribution in [1.29, 1.82) is 0 Å². The highest BCUT2D eigenvalue weighted by molar-refractivity contribution is 6.99. The van der Waals surface area contributed by atoms with Gasteiger partial charge in [-0.1, -0.05) is 224 Å². The van der Waals surface area contributed by atoms with Gasteiger partial charge in [0.1, 0.15) is 69.0 Å². The lowest BCUT2D eigenvalue weighted by atomic mass is 9.35. The van der Waals surface area contributed by atoms with Crippen LogP contribution in [0.5, 0.6) is 69.0 Å². The molecule has 150 heavy (non-hydrogen) atoms. The van der Waals surface area contributed by atoms with Crippen LogP contribution < -0.4 is 77.6 Å². The lowest BCUT2D eigenvalue weighted by molar-refractivity contribution is 0.463. The first-order valence-electron chi connectivity index (χ1n) is 50.8. The Bertz CT molecular complexity index is 10800. The molecule has 696 valence electrons. The minimum absolute atomic E-state index is 0.0373. The number of imidazole rings is 6. The van der Waals surface area contributed by atoms with Gasteiger partial charge in [0.05, 0.1) is 111 Å². The molecule has 0 radical (unpaired) electrons. The molecule has 18 nitrogen and oxygen atoms in total. The summed E-state index contributed by atoms with van der Waals surface area (Å²) in [5, 5.41) is 7.36. The van der Waals surface area contributed by atoms with Gasteiger partial charge >= 0.3 is 0 Å². The molecule has 0 saturated heterocycles. The molecule has 0 unspecified atom stereocenters. The minimum Gasteiger partial charge on any atom is -0.458 e. The molecule has 9 aromatic heterocycles. The molecule has 21 heteroatoms. The van der Waals surface area contributed by atoms with Crippen molar-refractivity contribution in [2.75, 3.05) is 0 Å². The van der Waals surface area contributed by atoms with Crippen molar-refractivity contribution in [2.45, 2.75) is 0 Å². The molecule has 21 aromatic carbocycles. The van der Waals surface area contributed by atoms with Crippen LogP contribution in [0.1, 0.15) is 0 Å². The average Bonchev–Trinajstić information content (AvgIpc) is 1.44. The normalized spacial score (nSPS) is 13.1. The molecule has 15 heterocycles. The van der Waals surface area contributed by atoms with E-state index in [-0.39, 0.29) is 20.1 Å². The predicted octanol–water partition coefficient (Wildman–Crippen LogP) is 24.8. The maximum atomic E-state index is 6.72. The maximum Gasteiger partial charge on any atom is 0.260 e. The molecule has 6 aliphatic heterocycles. The molecule has 0 spiro atoms. The van der Waals surface area contributed by atoms with Crippen molar-refractivity contribution >= 4 is 218 Å². The molecule has 0 bridgehead atoms. The van der Waals surface area contributed by atoms with Gasteiger partial charge in [0.15, 0.2) is 0 Å². The summed E-state index contributed by atoms with van der Waals surface area (Å²) < 4.78 is 60.8. The largest absolute Gasteiger partial charge is 0.458 e. The predicted molar refractivity (Wildman–Crippen MR) is 605 cm³/mol. The van der Waals surface area contributed by atoms with E-state index >= 15 is 0 Å². The van der Waals surface area contributed by atoms with E-state index in [0.717, 1.165) is 247 Å². The van der Waals surface area contributed by atoms with E-state index < -0.39 is 0 Å². The number of hydrogen-bond acceptors (Lipinski definition) is 9. The molecule has 0 fully saturated rings. The molecule has 6 aliphatic rings. The van der Waals surface area contributed by atoms with E-state index in [0.29, 0.717) is 0 Å². The molecule has 30 aromatic rings. The van der Waals surface area contributed by atoms with Crippen molar-refractivity contribution in [2.24, 2.45) is 0 Å². The van der Waals surface area contributed by atoms with E-state index in [2.05, 4.69) is 429 Å². The molecule has 0 amide bonds. The lowest BCUT2D eigenvalue weighted by Gasteiger charge is -2.33.